The third kappa shape index (κ3) is 4.50. The fraction of sp³-hybridized carbons (Fsp3) is 0.312. The number of nitriles is 1. The van der Waals surface area contributed by atoms with Gasteiger partial charge in [-0.15, -0.1) is 0 Å². The van der Waals surface area contributed by atoms with Crippen LogP contribution in [0.4, 0.5) is 10.2 Å². The second kappa shape index (κ2) is 10.2. The van der Waals surface area contributed by atoms with Crippen molar-refractivity contribution in [3.05, 3.63) is 78.1 Å². The van der Waals surface area contributed by atoms with Crippen molar-refractivity contribution in [3.63, 3.8) is 0 Å². The Morgan fingerprint density at radius 3 is 2.67 bits per heavy atom. The summed E-state index contributed by atoms with van der Waals surface area (Å²) in [5.74, 6) is 0.687. The number of phenolic OH excluding ortho intramolecular Hbond substituents is 1. The monoisotopic (exact) mass is 575 g/mol. The van der Waals surface area contributed by atoms with E-state index in [1.165, 1.54) is 18.2 Å². The van der Waals surface area contributed by atoms with Crippen LogP contribution >= 0.6 is 0 Å². The molecule has 10 nitrogen and oxygen atoms in total. The highest BCUT2D eigenvalue weighted by atomic mass is 19.1. The Hall–Kier alpha value is -4.79. The Labute approximate surface area is 247 Å². The van der Waals surface area contributed by atoms with Gasteiger partial charge in [-0.2, -0.15) is 10.4 Å². The lowest BCUT2D eigenvalue weighted by atomic mass is 9.86. The van der Waals surface area contributed by atoms with E-state index in [0.29, 0.717) is 41.4 Å². The molecule has 0 saturated carbocycles. The number of aromatic amines is 1. The first-order chi connectivity index (χ1) is 21.0. The van der Waals surface area contributed by atoms with Gasteiger partial charge in [0.2, 0.25) is 0 Å². The van der Waals surface area contributed by atoms with E-state index in [-0.39, 0.29) is 11.6 Å². The maximum atomic E-state index is 13.7. The maximum Gasteiger partial charge on any atom is 0.138 e. The molecule has 2 unspecified atom stereocenters. The molecule has 4 saturated heterocycles. The zero-order chi connectivity index (χ0) is 29.1. The highest BCUT2D eigenvalue weighted by Crippen LogP contribution is 2.38. The van der Waals surface area contributed by atoms with E-state index >= 15 is 0 Å². The quantitative estimate of drug-likeness (QED) is 0.276. The third-order valence-electron chi connectivity index (χ3n) is 9.20. The number of aromatic hydroxyl groups is 1. The van der Waals surface area contributed by atoms with E-state index in [9.17, 15) is 14.8 Å². The van der Waals surface area contributed by atoms with Crippen molar-refractivity contribution in [2.45, 2.75) is 37.5 Å². The van der Waals surface area contributed by atoms with Gasteiger partial charge in [-0.3, -0.25) is 9.58 Å². The van der Waals surface area contributed by atoms with Gasteiger partial charge in [-0.05, 0) is 55.8 Å². The molecular weight excluding hydrogens is 545 g/mol. The minimum Gasteiger partial charge on any atom is -0.508 e. The van der Waals surface area contributed by atoms with Gasteiger partial charge < -0.3 is 20.3 Å². The molecule has 3 atom stereocenters. The summed E-state index contributed by atoms with van der Waals surface area (Å²) in [4.78, 5) is 17.4. The average Bonchev–Trinajstić information content (AvgIpc) is 3.82. The number of piperidine rings is 1. The van der Waals surface area contributed by atoms with Gasteiger partial charge in [0, 0.05) is 84.5 Å². The van der Waals surface area contributed by atoms with Crippen LogP contribution in [0.1, 0.15) is 30.0 Å². The molecule has 4 aromatic heterocycles. The average molecular weight is 576 g/mol. The summed E-state index contributed by atoms with van der Waals surface area (Å²) in [6.07, 6.45) is 9.53. The van der Waals surface area contributed by atoms with Crippen LogP contribution in [0.25, 0.3) is 33.4 Å². The largest absolute Gasteiger partial charge is 0.508 e. The summed E-state index contributed by atoms with van der Waals surface area (Å²) in [6, 6.07) is 13.5. The number of nitrogens with one attached hydrogen (secondary N) is 2. The predicted octanol–water partition coefficient (Wildman–Crippen LogP) is 4.20. The third-order valence-corrected chi connectivity index (χ3v) is 9.20. The lowest BCUT2D eigenvalue weighted by molar-refractivity contribution is -0.00921. The molecule has 43 heavy (non-hydrogen) atoms. The number of pyridine rings is 2. The van der Waals surface area contributed by atoms with Crippen LogP contribution in [0.15, 0.2) is 61.2 Å². The maximum absolute atomic E-state index is 13.7. The second-order valence-corrected chi connectivity index (χ2v) is 11.8. The molecule has 0 aliphatic carbocycles. The van der Waals surface area contributed by atoms with Crippen molar-refractivity contribution < 1.29 is 9.50 Å². The number of benzene rings is 1. The van der Waals surface area contributed by atoms with E-state index in [2.05, 4.69) is 42.4 Å². The van der Waals surface area contributed by atoms with Crippen molar-refractivity contribution in [2.24, 2.45) is 0 Å². The molecule has 4 fully saturated rings. The molecule has 2 bridgehead atoms. The summed E-state index contributed by atoms with van der Waals surface area (Å²) in [6.45, 7) is 4.08. The standard InChI is InChI=1S/C32H30FN9O/c33-23-2-3-29(43)20(7-23)15-41-25-8-26(41)18-40(17-25)30-4-1-19(11-36-30)31-21(10-34)12-37-32-27(31)9-28(39-32)22-13-38-42(16-22)24-5-6-35-14-24/h1-4,7,9,11-13,16,24-26,35,43H,5-6,8,14-15,17-18H2,(H,37,39)/t24-,25?,26?/m0/s1. The molecule has 11 heteroatoms. The molecule has 4 aliphatic rings. The van der Waals surface area contributed by atoms with Gasteiger partial charge in [0.25, 0.3) is 0 Å². The number of halogens is 1. The van der Waals surface area contributed by atoms with Crippen LogP contribution in [-0.2, 0) is 6.54 Å². The van der Waals surface area contributed by atoms with E-state index in [0.717, 1.165) is 72.6 Å². The zero-order valence-corrected chi connectivity index (χ0v) is 23.4. The van der Waals surface area contributed by atoms with Crippen LogP contribution in [-0.4, -0.2) is 73.0 Å². The summed E-state index contributed by atoms with van der Waals surface area (Å²) in [7, 11) is 0. The predicted molar refractivity (Wildman–Crippen MR) is 160 cm³/mol. The van der Waals surface area contributed by atoms with Crippen LogP contribution in [0, 0.1) is 17.1 Å². The smallest absolute Gasteiger partial charge is 0.138 e. The lowest BCUT2D eigenvalue weighted by Gasteiger charge is -2.56. The number of nitrogens with zero attached hydrogens (tertiary/aromatic N) is 7. The van der Waals surface area contributed by atoms with Crippen molar-refractivity contribution in [1.29, 1.82) is 5.26 Å². The van der Waals surface area contributed by atoms with Gasteiger partial charge >= 0.3 is 0 Å². The molecule has 8 heterocycles. The summed E-state index contributed by atoms with van der Waals surface area (Å²) in [5, 5.41) is 29.0. The first-order valence-electron chi connectivity index (χ1n) is 14.7. The number of hydrogen-bond donors (Lipinski definition) is 3. The molecule has 0 spiro atoms. The Morgan fingerprint density at radius 1 is 1.02 bits per heavy atom. The summed E-state index contributed by atoms with van der Waals surface area (Å²) in [5.41, 5.74) is 5.38. The summed E-state index contributed by atoms with van der Waals surface area (Å²) >= 11 is 0. The SMILES string of the molecule is N#Cc1cnc2[nH]c(-c3cnn([C@H]4CCNC4)c3)cc2c1-c1ccc(N2CC3CC(C2)N3Cc2cc(F)ccc2O)nc1. The number of aromatic nitrogens is 5. The molecular formula is C32H30FN9O. The molecule has 5 aromatic rings. The van der Waals surface area contributed by atoms with Crippen molar-refractivity contribution >= 4 is 16.9 Å². The van der Waals surface area contributed by atoms with Crippen molar-refractivity contribution in [1.82, 2.24) is 34.9 Å². The Kier molecular flexibility index (Phi) is 6.13. The van der Waals surface area contributed by atoms with Crippen LogP contribution in [0.5, 0.6) is 5.75 Å². The van der Waals surface area contributed by atoms with E-state index in [1.807, 2.05) is 35.3 Å². The lowest BCUT2D eigenvalue weighted by Crippen LogP contribution is -2.68. The number of hydrogen-bond acceptors (Lipinski definition) is 8. The van der Waals surface area contributed by atoms with Crippen LogP contribution in [0.3, 0.4) is 0 Å². The van der Waals surface area contributed by atoms with Gasteiger partial charge in [0.1, 0.15) is 29.1 Å². The van der Waals surface area contributed by atoms with Gasteiger partial charge in [-0.25, -0.2) is 14.4 Å². The fourth-order valence-electron chi connectivity index (χ4n) is 6.90. The number of phenols is 1. The number of H-pyrrole nitrogens is 1. The van der Waals surface area contributed by atoms with Crippen molar-refractivity contribution in [2.75, 3.05) is 31.1 Å². The summed E-state index contributed by atoms with van der Waals surface area (Å²) < 4.78 is 15.8. The molecule has 1 aromatic carbocycles. The highest BCUT2D eigenvalue weighted by molar-refractivity contribution is 5.98. The first-order valence-corrected chi connectivity index (χ1v) is 14.7. The Balaban J connectivity index is 1.03. The molecule has 4 aliphatic heterocycles. The van der Waals surface area contributed by atoms with Gasteiger partial charge in [0.15, 0.2) is 0 Å². The molecule has 0 amide bonds. The van der Waals surface area contributed by atoms with E-state index < -0.39 is 0 Å². The molecule has 0 radical (unpaired) electrons. The van der Waals surface area contributed by atoms with Gasteiger partial charge in [-0.1, -0.05) is 0 Å². The normalized spacial score (nSPS) is 21.7. The zero-order valence-electron chi connectivity index (χ0n) is 23.4. The Bertz CT molecular complexity index is 1860. The number of rotatable bonds is 6. The van der Waals surface area contributed by atoms with E-state index in [4.69, 9.17) is 4.98 Å². The first kappa shape index (κ1) is 25.9. The number of fused-ring (bicyclic) bond motifs is 3. The highest BCUT2D eigenvalue weighted by Gasteiger charge is 2.45. The minimum atomic E-state index is -0.334. The topological polar surface area (TPSA) is 122 Å². The fourth-order valence-corrected chi connectivity index (χ4v) is 6.90. The second-order valence-electron chi connectivity index (χ2n) is 11.8. The molecule has 216 valence electrons. The van der Waals surface area contributed by atoms with Crippen LogP contribution < -0.4 is 10.2 Å². The van der Waals surface area contributed by atoms with Gasteiger partial charge in [0.05, 0.1) is 23.5 Å². The Morgan fingerprint density at radius 2 is 1.91 bits per heavy atom. The number of anilines is 1. The molecule has 3 N–H and O–H groups in total. The van der Waals surface area contributed by atoms with E-state index in [1.54, 1.807) is 6.20 Å². The molecule has 9 rings (SSSR count). The minimum absolute atomic E-state index is 0.133. The van der Waals surface area contributed by atoms with Crippen molar-refractivity contribution in [3.8, 4) is 34.2 Å². The number of piperazine rings is 1. The van der Waals surface area contributed by atoms with Crippen LogP contribution in [0.2, 0.25) is 0 Å².